The molecule has 0 saturated carbocycles. The van der Waals surface area contributed by atoms with Gasteiger partial charge < -0.3 is 9.84 Å². The molecule has 3 rings (SSSR count). The highest BCUT2D eigenvalue weighted by Crippen LogP contribution is 2.32. The van der Waals surface area contributed by atoms with E-state index in [1.54, 1.807) is 23.8 Å². The third-order valence-corrected chi connectivity index (χ3v) is 4.55. The first-order valence-corrected chi connectivity index (χ1v) is 8.66. The van der Waals surface area contributed by atoms with Crippen LogP contribution in [-0.2, 0) is 4.79 Å². The van der Waals surface area contributed by atoms with Crippen LogP contribution in [0.2, 0.25) is 5.02 Å². The Bertz CT molecular complexity index is 896. The van der Waals surface area contributed by atoms with Crippen molar-refractivity contribution in [2.75, 3.05) is 12.9 Å². The number of benzene rings is 2. The predicted molar refractivity (Wildman–Crippen MR) is 96.7 cm³/mol. The molecule has 0 atom stereocenters. The number of carboxylic acid groups (broad SMARTS) is 1. The van der Waals surface area contributed by atoms with Gasteiger partial charge in [-0.25, -0.2) is 0 Å². The van der Waals surface area contributed by atoms with E-state index in [1.165, 1.54) is 0 Å². The zero-order valence-corrected chi connectivity index (χ0v) is 14.8. The number of aromatic nitrogens is 3. The van der Waals surface area contributed by atoms with E-state index in [0.717, 1.165) is 23.0 Å². The van der Waals surface area contributed by atoms with E-state index in [4.69, 9.17) is 21.4 Å². The van der Waals surface area contributed by atoms with Gasteiger partial charge in [-0.1, -0.05) is 35.5 Å². The number of methoxy groups -OCH3 is 1. The molecule has 3 aromatic rings. The summed E-state index contributed by atoms with van der Waals surface area (Å²) in [5, 5.41) is 18.5. The largest absolute Gasteiger partial charge is 0.495 e. The highest BCUT2D eigenvalue weighted by Gasteiger charge is 2.19. The van der Waals surface area contributed by atoms with E-state index in [0.29, 0.717) is 21.8 Å². The number of ether oxygens (including phenoxy) is 1. The Balaban J connectivity index is 2.16. The highest BCUT2D eigenvalue weighted by molar-refractivity contribution is 7.99. The second-order valence-corrected chi connectivity index (χ2v) is 6.38. The lowest BCUT2D eigenvalue weighted by Gasteiger charge is -2.13. The van der Waals surface area contributed by atoms with Gasteiger partial charge in [0, 0.05) is 10.6 Å². The second-order valence-electron chi connectivity index (χ2n) is 5.00. The third-order valence-electron chi connectivity index (χ3n) is 3.39. The molecule has 1 aromatic heterocycles. The minimum atomic E-state index is -0.924. The van der Waals surface area contributed by atoms with Crippen molar-refractivity contribution < 1.29 is 14.6 Å². The van der Waals surface area contributed by atoms with Crippen LogP contribution in [0.25, 0.3) is 17.1 Å². The topological polar surface area (TPSA) is 77.2 Å². The van der Waals surface area contributed by atoms with Gasteiger partial charge in [0.15, 0.2) is 11.0 Å². The van der Waals surface area contributed by atoms with Gasteiger partial charge >= 0.3 is 5.97 Å². The van der Waals surface area contributed by atoms with E-state index in [1.807, 2.05) is 36.4 Å². The lowest BCUT2D eigenvalue weighted by molar-refractivity contribution is -0.133. The number of thioether (sulfide) groups is 1. The van der Waals surface area contributed by atoms with Crippen molar-refractivity contribution in [3.8, 4) is 22.8 Å². The Kier molecular flexibility index (Phi) is 5.25. The van der Waals surface area contributed by atoms with E-state index in [9.17, 15) is 4.79 Å². The normalized spacial score (nSPS) is 10.6. The molecule has 0 saturated heterocycles. The van der Waals surface area contributed by atoms with Gasteiger partial charge in [0.05, 0.1) is 18.6 Å². The first-order valence-electron chi connectivity index (χ1n) is 7.29. The second kappa shape index (κ2) is 7.58. The van der Waals surface area contributed by atoms with Crippen molar-refractivity contribution in [3.63, 3.8) is 0 Å². The van der Waals surface area contributed by atoms with Gasteiger partial charge in [-0.3, -0.25) is 9.36 Å². The number of para-hydroxylation sites is 2. The molecule has 1 N–H and O–H groups in total. The fourth-order valence-corrected chi connectivity index (χ4v) is 3.10. The van der Waals surface area contributed by atoms with Gasteiger partial charge in [0.25, 0.3) is 0 Å². The summed E-state index contributed by atoms with van der Waals surface area (Å²) in [5.41, 5.74) is 1.54. The standard InChI is InChI=1S/C17H14ClN3O3S/c1-24-14-5-3-2-4-13(14)21-16(11-6-8-12(18)9-7-11)19-20-17(21)25-10-15(22)23/h2-9H,10H2,1H3,(H,22,23). The van der Waals surface area contributed by atoms with Crippen LogP contribution < -0.4 is 4.74 Å². The van der Waals surface area contributed by atoms with Crippen LogP contribution in [0.3, 0.4) is 0 Å². The average Bonchev–Trinajstić information content (AvgIpc) is 3.04. The molecule has 0 amide bonds. The average molecular weight is 376 g/mol. The number of hydrogen-bond donors (Lipinski definition) is 1. The molecule has 128 valence electrons. The maximum Gasteiger partial charge on any atom is 0.313 e. The van der Waals surface area contributed by atoms with Crippen LogP contribution in [0.15, 0.2) is 53.7 Å². The highest BCUT2D eigenvalue weighted by atomic mass is 35.5. The molecule has 0 unspecified atom stereocenters. The summed E-state index contributed by atoms with van der Waals surface area (Å²) in [6.07, 6.45) is 0. The zero-order chi connectivity index (χ0) is 17.8. The molecule has 0 aliphatic rings. The molecular formula is C17H14ClN3O3S. The van der Waals surface area contributed by atoms with E-state index >= 15 is 0 Å². The summed E-state index contributed by atoms with van der Waals surface area (Å²) >= 11 is 7.06. The molecular weight excluding hydrogens is 362 g/mol. The van der Waals surface area contributed by atoms with Crippen molar-refractivity contribution in [3.05, 3.63) is 53.6 Å². The maximum atomic E-state index is 10.9. The van der Waals surface area contributed by atoms with Crippen LogP contribution in [0.4, 0.5) is 0 Å². The van der Waals surface area contributed by atoms with E-state index in [-0.39, 0.29) is 5.75 Å². The first-order chi connectivity index (χ1) is 12.1. The number of nitrogens with zero attached hydrogens (tertiary/aromatic N) is 3. The first kappa shape index (κ1) is 17.3. The summed E-state index contributed by atoms with van der Waals surface area (Å²) in [6, 6.07) is 14.6. The molecule has 0 aliphatic heterocycles. The fraction of sp³-hybridized carbons (Fsp3) is 0.118. The molecule has 0 spiro atoms. The summed E-state index contributed by atoms with van der Waals surface area (Å²) < 4.78 is 7.22. The lowest BCUT2D eigenvalue weighted by atomic mass is 10.2. The Morgan fingerprint density at radius 1 is 1.20 bits per heavy atom. The number of halogens is 1. The number of hydrogen-bond acceptors (Lipinski definition) is 5. The van der Waals surface area contributed by atoms with E-state index < -0.39 is 5.97 Å². The number of carbonyl (C=O) groups is 1. The zero-order valence-electron chi connectivity index (χ0n) is 13.2. The van der Waals surface area contributed by atoms with Gasteiger partial charge in [0.1, 0.15) is 5.75 Å². The van der Waals surface area contributed by atoms with Crippen molar-refractivity contribution in [1.29, 1.82) is 0 Å². The predicted octanol–water partition coefficient (Wildman–Crippen LogP) is 3.77. The Morgan fingerprint density at radius 2 is 1.92 bits per heavy atom. The number of aliphatic carboxylic acids is 1. The van der Waals surface area contributed by atoms with Crippen LogP contribution >= 0.6 is 23.4 Å². The van der Waals surface area contributed by atoms with Crippen LogP contribution in [0.1, 0.15) is 0 Å². The fourth-order valence-electron chi connectivity index (χ4n) is 2.31. The number of carboxylic acids is 1. The van der Waals surface area contributed by atoms with Crippen molar-refractivity contribution in [1.82, 2.24) is 14.8 Å². The van der Waals surface area contributed by atoms with Crippen molar-refractivity contribution >= 4 is 29.3 Å². The lowest BCUT2D eigenvalue weighted by Crippen LogP contribution is -2.04. The number of rotatable bonds is 6. The minimum Gasteiger partial charge on any atom is -0.495 e. The third kappa shape index (κ3) is 3.78. The summed E-state index contributed by atoms with van der Waals surface area (Å²) in [7, 11) is 1.58. The molecule has 25 heavy (non-hydrogen) atoms. The van der Waals surface area contributed by atoms with Crippen molar-refractivity contribution in [2.24, 2.45) is 0 Å². The molecule has 0 aliphatic carbocycles. The van der Waals surface area contributed by atoms with Gasteiger partial charge in [-0.05, 0) is 36.4 Å². The minimum absolute atomic E-state index is 0.117. The van der Waals surface area contributed by atoms with Crippen molar-refractivity contribution in [2.45, 2.75) is 5.16 Å². The van der Waals surface area contributed by atoms with Crippen LogP contribution in [0.5, 0.6) is 5.75 Å². The maximum absolute atomic E-state index is 10.9. The Morgan fingerprint density at radius 3 is 2.60 bits per heavy atom. The summed E-state index contributed by atoms with van der Waals surface area (Å²) in [6.45, 7) is 0. The molecule has 0 bridgehead atoms. The molecule has 0 fully saturated rings. The quantitative estimate of drug-likeness (QED) is 0.661. The summed E-state index contributed by atoms with van der Waals surface area (Å²) in [4.78, 5) is 10.9. The van der Waals surface area contributed by atoms with Gasteiger partial charge in [0.2, 0.25) is 0 Å². The van der Waals surface area contributed by atoms with E-state index in [2.05, 4.69) is 10.2 Å². The molecule has 1 heterocycles. The Labute approximate surface area is 153 Å². The van der Waals surface area contributed by atoms with Gasteiger partial charge in [-0.2, -0.15) is 0 Å². The summed E-state index contributed by atoms with van der Waals surface area (Å²) in [5.74, 6) is 0.171. The molecule has 6 nitrogen and oxygen atoms in total. The van der Waals surface area contributed by atoms with Gasteiger partial charge in [-0.15, -0.1) is 10.2 Å². The molecule has 0 radical (unpaired) electrons. The smallest absolute Gasteiger partial charge is 0.313 e. The monoisotopic (exact) mass is 375 g/mol. The van der Waals surface area contributed by atoms with Crippen LogP contribution in [-0.4, -0.2) is 38.7 Å². The SMILES string of the molecule is COc1ccccc1-n1c(SCC(=O)O)nnc1-c1ccc(Cl)cc1. The molecule has 2 aromatic carbocycles. The molecule has 8 heteroatoms. The Hall–Kier alpha value is -2.51. The van der Waals surface area contributed by atoms with Crippen LogP contribution in [0, 0.1) is 0 Å².